The van der Waals surface area contributed by atoms with Crippen LogP contribution < -0.4 is 10.6 Å². The van der Waals surface area contributed by atoms with Crippen molar-refractivity contribution >= 4 is 23.4 Å². The number of anilines is 2. The molecule has 2 N–H and O–H groups in total. The second-order valence-electron chi connectivity index (χ2n) is 7.05. The number of rotatable bonds is 4. The lowest BCUT2D eigenvalue weighted by molar-refractivity contribution is 0.0635. The van der Waals surface area contributed by atoms with E-state index in [2.05, 4.69) is 15.8 Å². The lowest BCUT2D eigenvalue weighted by Crippen LogP contribution is -2.27. The molecule has 1 saturated carbocycles. The predicted molar refractivity (Wildman–Crippen MR) is 92.7 cm³/mol. The van der Waals surface area contributed by atoms with E-state index in [4.69, 9.17) is 9.26 Å². The number of hydrogen-bond donors (Lipinski definition) is 2. The van der Waals surface area contributed by atoms with E-state index in [0.717, 1.165) is 18.6 Å². The van der Waals surface area contributed by atoms with Crippen molar-refractivity contribution in [3.63, 3.8) is 0 Å². The first-order valence-corrected chi connectivity index (χ1v) is 8.18. The van der Waals surface area contributed by atoms with E-state index in [1.54, 1.807) is 51.1 Å². The summed E-state index contributed by atoms with van der Waals surface area (Å²) in [5.74, 6) is 0.845. The van der Waals surface area contributed by atoms with Crippen LogP contribution in [-0.4, -0.2) is 22.8 Å². The maximum Gasteiger partial charge on any atom is 0.412 e. The van der Waals surface area contributed by atoms with Crippen LogP contribution in [-0.2, 0) is 4.74 Å². The molecule has 0 atom stereocenters. The van der Waals surface area contributed by atoms with Crippen LogP contribution in [0.2, 0.25) is 0 Å². The topological polar surface area (TPSA) is 93.5 Å². The van der Waals surface area contributed by atoms with Gasteiger partial charge in [0, 0.05) is 23.4 Å². The van der Waals surface area contributed by atoms with Crippen molar-refractivity contribution in [2.45, 2.75) is 45.1 Å². The summed E-state index contributed by atoms with van der Waals surface area (Å²) in [5, 5.41) is 9.18. The van der Waals surface area contributed by atoms with Gasteiger partial charge in [0.25, 0.3) is 5.91 Å². The average molecular weight is 343 g/mol. The molecule has 3 rings (SSSR count). The molecule has 1 aromatic heterocycles. The number of benzene rings is 1. The Morgan fingerprint density at radius 3 is 2.28 bits per heavy atom. The highest BCUT2D eigenvalue weighted by Crippen LogP contribution is 2.40. The average Bonchev–Trinajstić information content (AvgIpc) is 3.24. The summed E-state index contributed by atoms with van der Waals surface area (Å²) in [6.07, 6.45) is 1.64. The molecule has 2 amide bonds. The zero-order valence-electron chi connectivity index (χ0n) is 14.5. The SMILES string of the molecule is CC(C)(C)OC(=O)Nc1ccc(NC(=O)c2cc(C3CC3)on2)cc1. The van der Waals surface area contributed by atoms with Gasteiger partial charge in [0.05, 0.1) is 0 Å². The van der Waals surface area contributed by atoms with Crippen molar-refractivity contribution < 1.29 is 18.8 Å². The highest BCUT2D eigenvalue weighted by atomic mass is 16.6. The van der Waals surface area contributed by atoms with Gasteiger partial charge in [0.15, 0.2) is 5.69 Å². The molecule has 1 fully saturated rings. The van der Waals surface area contributed by atoms with Crippen molar-refractivity contribution in [1.82, 2.24) is 5.16 Å². The maximum absolute atomic E-state index is 12.2. The molecule has 1 aliphatic rings. The molecule has 7 heteroatoms. The van der Waals surface area contributed by atoms with Gasteiger partial charge in [-0.3, -0.25) is 10.1 Å². The van der Waals surface area contributed by atoms with E-state index < -0.39 is 11.7 Å². The van der Waals surface area contributed by atoms with Crippen LogP contribution in [0.1, 0.15) is 55.8 Å². The summed E-state index contributed by atoms with van der Waals surface area (Å²) in [6, 6.07) is 8.42. The minimum Gasteiger partial charge on any atom is -0.444 e. The summed E-state index contributed by atoms with van der Waals surface area (Å²) in [6.45, 7) is 5.39. The second kappa shape index (κ2) is 6.58. The third kappa shape index (κ3) is 4.82. The molecule has 132 valence electrons. The van der Waals surface area contributed by atoms with Crippen molar-refractivity contribution in [1.29, 1.82) is 0 Å². The fourth-order valence-corrected chi connectivity index (χ4v) is 2.21. The van der Waals surface area contributed by atoms with E-state index in [1.165, 1.54) is 0 Å². The highest BCUT2D eigenvalue weighted by Gasteiger charge is 2.28. The smallest absolute Gasteiger partial charge is 0.412 e. The molecule has 1 aromatic carbocycles. The number of nitrogens with zero attached hydrogens (tertiary/aromatic N) is 1. The quantitative estimate of drug-likeness (QED) is 0.870. The summed E-state index contributed by atoms with van der Waals surface area (Å²) >= 11 is 0. The van der Waals surface area contributed by atoms with Crippen LogP contribution in [0.15, 0.2) is 34.9 Å². The first-order valence-electron chi connectivity index (χ1n) is 8.18. The fraction of sp³-hybridized carbons (Fsp3) is 0.389. The molecule has 0 spiro atoms. The Balaban J connectivity index is 1.56. The van der Waals surface area contributed by atoms with Gasteiger partial charge in [-0.2, -0.15) is 0 Å². The van der Waals surface area contributed by atoms with Crippen molar-refractivity contribution in [3.05, 3.63) is 41.8 Å². The van der Waals surface area contributed by atoms with Crippen LogP contribution in [0.5, 0.6) is 0 Å². The van der Waals surface area contributed by atoms with Gasteiger partial charge in [-0.05, 0) is 57.9 Å². The van der Waals surface area contributed by atoms with Gasteiger partial charge in [-0.1, -0.05) is 5.16 Å². The zero-order chi connectivity index (χ0) is 18.0. The van der Waals surface area contributed by atoms with E-state index in [1.807, 2.05) is 0 Å². The van der Waals surface area contributed by atoms with Gasteiger partial charge in [0.1, 0.15) is 11.4 Å². The number of ether oxygens (including phenoxy) is 1. The first-order chi connectivity index (χ1) is 11.8. The van der Waals surface area contributed by atoms with Crippen molar-refractivity contribution in [2.24, 2.45) is 0 Å². The molecular formula is C18H21N3O4. The Kier molecular flexibility index (Phi) is 4.48. The third-order valence-electron chi connectivity index (χ3n) is 3.53. The molecule has 0 saturated heterocycles. The van der Waals surface area contributed by atoms with Crippen molar-refractivity contribution in [2.75, 3.05) is 10.6 Å². The first kappa shape index (κ1) is 17.0. The number of nitrogens with one attached hydrogen (secondary N) is 2. The van der Waals surface area contributed by atoms with E-state index in [-0.39, 0.29) is 11.6 Å². The summed E-state index contributed by atoms with van der Waals surface area (Å²) in [4.78, 5) is 23.9. The highest BCUT2D eigenvalue weighted by molar-refractivity contribution is 6.03. The molecule has 1 aliphatic carbocycles. The molecule has 1 heterocycles. The monoisotopic (exact) mass is 343 g/mol. The van der Waals surface area contributed by atoms with E-state index in [0.29, 0.717) is 17.3 Å². The number of amides is 2. The third-order valence-corrected chi connectivity index (χ3v) is 3.53. The minimum absolute atomic E-state index is 0.262. The van der Waals surface area contributed by atoms with E-state index >= 15 is 0 Å². The van der Waals surface area contributed by atoms with Gasteiger partial charge in [0.2, 0.25) is 0 Å². The molecular weight excluding hydrogens is 322 g/mol. The predicted octanol–water partition coefficient (Wildman–Crippen LogP) is 4.15. The van der Waals surface area contributed by atoms with Gasteiger partial charge < -0.3 is 14.6 Å². The van der Waals surface area contributed by atoms with Gasteiger partial charge >= 0.3 is 6.09 Å². The number of carbonyl (C=O) groups is 2. The molecule has 2 aromatic rings. The van der Waals surface area contributed by atoms with Crippen LogP contribution in [0, 0.1) is 0 Å². The number of carbonyl (C=O) groups excluding carboxylic acids is 2. The number of hydrogen-bond acceptors (Lipinski definition) is 5. The summed E-state index contributed by atoms with van der Waals surface area (Å²) in [7, 11) is 0. The van der Waals surface area contributed by atoms with Gasteiger partial charge in [-0.15, -0.1) is 0 Å². The Hall–Kier alpha value is -2.83. The van der Waals surface area contributed by atoms with E-state index in [9.17, 15) is 9.59 Å². The standard InChI is InChI=1S/C18H21N3O4/c1-18(2,3)24-17(23)20-13-8-6-12(7-9-13)19-16(22)14-10-15(25-21-14)11-4-5-11/h6-11H,4-5H2,1-3H3,(H,19,22)(H,20,23). The molecule has 0 bridgehead atoms. The van der Waals surface area contributed by atoms with Crippen molar-refractivity contribution in [3.8, 4) is 0 Å². The Morgan fingerprint density at radius 2 is 1.72 bits per heavy atom. The largest absolute Gasteiger partial charge is 0.444 e. The van der Waals surface area contributed by atoms with Gasteiger partial charge in [-0.25, -0.2) is 4.79 Å². The van der Waals surface area contributed by atoms with Crippen LogP contribution in [0.25, 0.3) is 0 Å². The normalized spacial score (nSPS) is 14.0. The zero-order valence-corrected chi connectivity index (χ0v) is 14.5. The van der Waals surface area contributed by atoms with Crippen LogP contribution >= 0.6 is 0 Å². The molecule has 0 aliphatic heterocycles. The van der Waals surface area contributed by atoms with Crippen LogP contribution in [0.3, 0.4) is 0 Å². The fourth-order valence-electron chi connectivity index (χ4n) is 2.21. The minimum atomic E-state index is -0.561. The summed E-state index contributed by atoms with van der Waals surface area (Å²) < 4.78 is 10.4. The summed E-state index contributed by atoms with van der Waals surface area (Å²) in [5.41, 5.74) is 0.868. The Morgan fingerprint density at radius 1 is 1.12 bits per heavy atom. The lowest BCUT2D eigenvalue weighted by atomic mass is 10.2. The number of aromatic nitrogens is 1. The molecule has 0 unspecified atom stereocenters. The van der Waals surface area contributed by atoms with Crippen LogP contribution in [0.4, 0.5) is 16.2 Å². The Labute approximate surface area is 145 Å². The maximum atomic E-state index is 12.2. The Bertz CT molecular complexity index is 770. The molecule has 7 nitrogen and oxygen atoms in total. The molecule has 0 radical (unpaired) electrons. The second-order valence-corrected chi connectivity index (χ2v) is 7.05. The molecule has 25 heavy (non-hydrogen) atoms. The lowest BCUT2D eigenvalue weighted by Gasteiger charge is -2.19.